The lowest BCUT2D eigenvalue weighted by Crippen LogP contribution is -2.37. The lowest BCUT2D eigenvalue weighted by molar-refractivity contribution is -0.130. The fourth-order valence-corrected chi connectivity index (χ4v) is 4.15. The van der Waals surface area contributed by atoms with Crippen LogP contribution in [-0.2, 0) is 16.0 Å². The molecule has 138 valence electrons. The van der Waals surface area contributed by atoms with Crippen LogP contribution in [0.5, 0.6) is 0 Å². The first kappa shape index (κ1) is 17.1. The van der Waals surface area contributed by atoms with E-state index in [0.29, 0.717) is 37.9 Å². The molecule has 2 aromatic rings. The zero-order chi connectivity index (χ0) is 18.1. The molecule has 6 nitrogen and oxygen atoms in total. The second-order valence-electron chi connectivity index (χ2n) is 7.46. The van der Waals surface area contributed by atoms with Crippen LogP contribution in [-0.4, -0.2) is 40.8 Å². The van der Waals surface area contributed by atoms with Crippen molar-refractivity contribution in [2.75, 3.05) is 13.1 Å². The molecule has 1 saturated heterocycles. The number of nitrogens with one attached hydrogen (secondary N) is 1. The number of carbonyl (C=O) groups is 2. The van der Waals surface area contributed by atoms with E-state index in [1.54, 1.807) is 0 Å². The number of rotatable bonds is 5. The van der Waals surface area contributed by atoms with Gasteiger partial charge in [0, 0.05) is 32.0 Å². The van der Waals surface area contributed by atoms with Gasteiger partial charge < -0.3 is 14.6 Å². The maximum atomic E-state index is 12.4. The third-order valence-electron chi connectivity index (χ3n) is 5.60. The molecule has 0 spiro atoms. The van der Waals surface area contributed by atoms with Crippen molar-refractivity contribution in [2.45, 2.75) is 51.5 Å². The highest BCUT2D eigenvalue weighted by Gasteiger charge is 2.38. The predicted octanol–water partition coefficient (Wildman–Crippen LogP) is 2.59. The van der Waals surface area contributed by atoms with Crippen molar-refractivity contribution in [1.29, 1.82) is 0 Å². The Morgan fingerprint density at radius 2 is 2.15 bits per heavy atom. The first-order chi connectivity index (χ1) is 12.6. The van der Waals surface area contributed by atoms with Crippen molar-refractivity contribution in [2.24, 2.45) is 5.92 Å². The average Bonchev–Trinajstić information content (AvgIpc) is 3.33. The van der Waals surface area contributed by atoms with Gasteiger partial charge in [-0.3, -0.25) is 9.59 Å². The number of benzene rings is 1. The van der Waals surface area contributed by atoms with Crippen molar-refractivity contribution in [1.82, 2.24) is 15.2 Å². The molecule has 0 radical (unpaired) electrons. The number of amides is 2. The lowest BCUT2D eigenvalue weighted by atomic mass is 10.1. The minimum atomic E-state index is -0.228. The Morgan fingerprint density at radius 3 is 2.92 bits per heavy atom. The minimum absolute atomic E-state index is 0.0360. The fraction of sp³-hybridized carbons (Fsp3) is 0.550. The Bertz CT molecular complexity index is 823. The van der Waals surface area contributed by atoms with Crippen molar-refractivity contribution in [3.8, 4) is 0 Å². The molecule has 4 rings (SSSR count). The van der Waals surface area contributed by atoms with E-state index < -0.39 is 0 Å². The second-order valence-corrected chi connectivity index (χ2v) is 7.46. The number of aryl methyl sites for hydroxylation is 1. The topological polar surface area (TPSA) is 75.4 Å². The molecule has 1 atom stereocenters. The van der Waals surface area contributed by atoms with Crippen LogP contribution in [0.4, 0.5) is 0 Å². The molecule has 1 aromatic carbocycles. The average molecular weight is 355 g/mol. The van der Waals surface area contributed by atoms with Gasteiger partial charge in [0.15, 0.2) is 11.5 Å². The summed E-state index contributed by atoms with van der Waals surface area (Å²) in [5.41, 5.74) is 2.74. The third-order valence-corrected chi connectivity index (χ3v) is 5.60. The Morgan fingerprint density at radius 1 is 1.35 bits per heavy atom. The Labute approximate surface area is 152 Å². The zero-order valence-electron chi connectivity index (χ0n) is 15.2. The van der Waals surface area contributed by atoms with Crippen molar-refractivity contribution >= 4 is 22.9 Å². The summed E-state index contributed by atoms with van der Waals surface area (Å²) in [6, 6.07) is 6.20. The molecule has 2 aliphatic rings. The molecular formula is C20H25N3O3. The predicted molar refractivity (Wildman–Crippen MR) is 97.5 cm³/mol. The molecule has 2 heterocycles. The largest absolute Gasteiger partial charge is 0.441 e. The Balaban J connectivity index is 1.29. The molecule has 1 N–H and O–H groups in total. The van der Waals surface area contributed by atoms with Crippen LogP contribution in [0, 0.1) is 12.8 Å². The highest BCUT2D eigenvalue weighted by atomic mass is 16.3. The summed E-state index contributed by atoms with van der Waals surface area (Å²) in [5, 5.41) is 2.95. The number of para-hydroxylation sites is 1. The number of hydrogen-bond acceptors (Lipinski definition) is 4. The molecule has 26 heavy (non-hydrogen) atoms. The van der Waals surface area contributed by atoms with Crippen LogP contribution in [0.3, 0.4) is 0 Å². The molecule has 2 amide bonds. The molecular weight excluding hydrogens is 330 g/mol. The van der Waals surface area contributed by atoms with E-state index in [9.17, 15) is 9.59 Å². The summed E-state index contributed by atoms with van der Waals surface area (Å²) in [4.78, 5) is 31.1. The van der Waals surface area contributed by atoms with E-state index in [-0.39, 0.29) is 17.7 Å². The van der Waals surface area contributed by atoms with Crippen LogP contribution >= 0.6 is 0 Å². The number of aromatic nitrogens is 1. The number of fused-ring (bicyclic) bond motifs is 1. The first-order valence-corrected chi connectivity index (χ1v) is 9.54. The molecule has 1 saturated carbocycles. The molecule has 1 aliphatic heterocycles. The van der Waals surface area contributed by atoms with E-state index in [4.69, 9.17) is 4.42 Å². The van der Waals surface area contributed by atoms with Gasteiger partial charge in [-0.25, -0.2) is 4.98 Å². The number of likely N-dealkylation sites (tertiary alicyclic amines) is 1. The van der Waals surface area contributed by atoms with Crippen molar-refractivity contribution < 1.29 is 14.0 Å². The van der Waals surface area contributed by atoms with Gasteiger partial charge in [0.05, 0.1) is 5.92 Å². The summed E-state index contributed by atoms with van der Waals surface area (Å²) in [7, 11) is 0. The fourth-order valence-electron chi connectivity index (χ4n) is 4.15. The number of nitrogens with zero attached hydrogens (tertiary/aromatic N) is 2. The summed E-state index contributed by atoms with van der Waals surface area (Å²) in [5.74, 6) is 0.497. The zero-order valence-corrected chi connectivity index (χ0v) is 15.2. The van der Waals surface area contributed by atoms with Crippen molar-refractivity contribution in [3.63, 3.8) is 0 Å². The third kappa shape index (κ3) is 3.32. The van der Waals surface area contributed by atoms with Gasteiger partial charge in [-0.05, 0) is 31.4 Å². The van der Waals surface area contributed by atoms with Crippen LogP contribution in [0.15, 0.2) is 22.6 Å². The minimum Gasteiger partial charge on any atom is -0.441 e. The summed E-state index contributed by atoms with van der Waals surface area (Å²) < 4.78 is 5.73. The lowest BCUT2D eigenvalue weighted by Gasteiger charge is -2.23. The quantitative estimate of drug-likeness (QED) is 0.894. The van der Waals surface area contributed by atoms with Crippen molar-refractivity contribution in [3.05, 3.63) is 29.7 Å². The van der Waals surface area contributed by atoms with E-state index >= 15 is 0 Å². The monoisotopic (exact) mass is 355 g/mol. The van der Waals surface area contributed by atoms with E-state index in [1.807, 2.05) is 30.0 Å². The molecule has 1 unspecified atom stereocenters. The summed E-state index contributed by atoms with van der Waals surface area (Å²) >= 11 is 0. The van der Waals surface area contributed by atoms with Gasteiger partial charge in [0.2, 0.25) is 11.8 Å². The van der Waals surface area contributed by atoms with Crippen LogP contribution < -0.4 is 5.32 Å². The second kappa shape index (κ2) is 7.09. The van der Waals surface area contributed by atoms with Crippen LogP contribution in [0.1, 0.15) is 43.6 Å². The smallest absolute Gasteiger partial charge is 0.225 e. The van der Waals surface area contributed by atoms with Gasteiger partial charge in [0.25, 0.3) is 0 Å². The van der Waals surface area contributed by atoms with Gasteiger partial charge >= 0.3 is 0 Å². The number of oxazole rings is 1. The van der Waals surface area contributed by atoms with Crippen LogP contribution in [0.25, 0.3) is 11.1 Å². The van der Waals surface area contributed by atoms with Gasteiger partial charge in [0.1, 0.15) is 5.52 Å². The van der Waals surface area contributed by atoms with Crippen LogP contribution in [0.2, 0.25) is 0 Å². The van der Waals surface area contributed by atoms with Gasteiger partial charge in [-0.2, -0.15) is 0 Å². The standard InChI is InChI=1S/C20H25N3O3/c1-13-5-4-8-16-19(13)22-17(26-16)9-10-21-20(25)14-11-18(24)23(12-14)15-6-2-3-7-15/h4-5,8,14-15H,2-3,6-7,9-12H2,1H3,(H,21,25). The van der Waals surface area contributed by atoms with E-state index in [1.165, 1.54) is 12.8 Å². The molecule has 1 aromatic heterocycles. The first-order valence-electron chi connectivity index (χ1n) is 9.54. The maximum absolute atomic E-state index is 12.4. The Hall–Kier alpha value is -2.37. The summed E-state index contributed by atoms with van der Waals surface area (Å²) in [6.45, 7) is 3.04. The molecule has 1 aliphatic carbocycles. The van der Waals surface area contributed by atoms with Gasteiger partial charge in [-0.15, -0.1) is 0 Å². The van der Waals surface area contributed by atoms with Gasteiger partial charge in [-0.1, -0.05) is 25.0 Å². The molecule has 0 bridgehead atoms. The number of carbonyl (C=O) groups excluding carboxylic acids is 2. The summed E-state index contributed by atoms with van der Waals surface area (Å²) in [6.07, 6.45) is 5.43. The maximum Gasteiger partial charge on any atom is 0.225 e. The van der Waals surface area contributed by atoms with E-state index in [0.717, 1.165) is 29.5 Å². The Kier molecular flexibility index (Phi) is 4.66. The number of hydrogen-bond donors (Lipinski definition) is 1. The highest BCUT2D eigenvalue weighted by molar-refractivity contribution is 5.89. The molecule has 6 heteroatoms. The van der Waals surface area contributed by atoms with E-state index in [2.05, 4.69) is 10.3 Å². The highest BCUT2D eigenvalue weighted by Crippen LogP contribution is 2.29. The normalized spacial score (nSPS) is 21.0. The molecule has 2 fully saturated rings. The SMILES string of the molecule is Cc1cccc2oc(CCNC(=O)C3CC(=O)N(C4CCCC4)C3)nc12.